The highest BCUT2D eigenvalue weighted by Gasteiger charge is 2.34. The minimum absolute atomic E-state index is 0.320. The summed E-state index contributed by atoms with van der Waals surface area (Å²) in [5, 5.41) is 0. The number of hydrogen-bond donors (Lipinski definition) is 0. The van der Waals surface area contributed by atoms with Crippen LogP contribution in [0.5, 0.6) is 11.5 Å². The Hall–Kier alpha value is -3.31. The maximum atomic E-state index is 13.5. The number of unbranched alkanes of at least 4 members (excludes halogenated alkanes) is 1. The number of hydrogen-bond acceptors (Lipinski definition) is 5. The Labute approximate surface area is 251 Å². The zero-order chi connectivity index (χ0) is 28.9. The van der Waals surface area contributed by atoms with Gasteiger partial charge in [-0.05, 0) is 105 Å². The van der Waals surface area contributed by atoms with Crippen LogP contribution in [0.1, 0.15) is 77.9 Å². The number of ketones is 1. The number of rotatable bonds is 12. The second-order valence-corrected chi connectivity index (χ2v) is 12.6. The Bertz CT molecular complexity index is 1340. The smallest absolute Gasteiger partial charge is 0.163 e. The average Bonchev–Trinajstić information content (AvgIpc) is 3.87. The predicted octanol–water partition coefficient (Wildman–Crippen LogP) is 7.46. The molecule has 2 atom stereocenters. The van der Waals surface area contributed by atoms with E-state index in [1.807, 2.05) is 30.3 Å². The second kappa shape index (κ2) is 13.3. The maximum Gasteiger partial charge on any atom is 0.163 e. The lowest BCUT2D eigenvalue weighted by atomic mass is 9.75. The summed E-state index contributed by atoms with van der Waals surface area (Å²) in [6.07, 6.45) is 8.60. The van der Waals surface area contributed by atoms with Crippen LogP contribution in [-0.2, 0) is 6.42 Å². The van der Waals surface area contributed by atoms with E-state index in [-0.39, 0.29) is 0 Å². The molecule has 5 nitrogen and oxygen atoms in total. The van der Waals surface area contributed by atoms with Crippen LogP contribution < -0.4 is 14.4 Å². The summed E-state index contributed by atoms with van der Waals surface area (Å²) in [4.78, 5) is 18.7. The molecule has 3 aromatic carbocycles. The highest BCUT2D eigenvalue weighted by atomic mass is 16.5. The van der Waals surface area contributed by atoms with Crippen molar-refractivity contribution in [2.45, 2.75) is 70.3 Å². The van der Waals surface area contributed by atoms with Crippen molar-refractivity contribution < 1.29 is 14.3 Å². The van der Waals surface area contributed by atoms with Crippen LogP contribution >= 0.6 is 0 Å². The fourth-order valence-electron chi connectivity index (χ4n) is 7.19. The molecule has 0 bridgehead atoms. The van der Waals surface area contributed by atoms with Gasteiger partial charge in [-0.1, -0.05) is 42.5 Å². The van der Waals surface area contributed by atoms with Crippen LogP contribution in [0.2, 0.25) is 0 Å². The van der Waals surface area contributed by atoms with Gasteiger partial charge >= 0.3 is 0 Å². The van der Waals surface area contributed by atoms with Crippen LogP contribution in [0.25, 0.3) is 0 Å². The minimum atomic E-state index is 0.320. The Morgan fingerprint density at radius 3 is 2.45 bits per heavy atom. The van der Waals surface area contributed by atoms with Gasteiger partial charge in [-0.3, -0.25) is 9.69 Å². The van der Waals surface area contributed by atoms with E-state index < -0.39 is 0 Å². The number of ether oxygens (including phenoxy) is 2. The molecule has 3 aliphatic rings. The topological polar surface area (TPSA) is 42.0 Å². The summed E-state index contributed by atoms with van der Waals surface area (Å²) in [6, 6.07) is 24.0. The van der Waals surface area contributed by atoms with Crippen LogP contribution in [0.4, 0.5) is 5.69 Å². The Balaban J connectivity index is 1.14. The van der Waals surface area contributed by atoms with Crippen molar-refractivity contribution in [2.75, 3.05) is 44.8 Å². The lowest BCUT2D eigenvalue weighted by Gasteiger charge is -2.38. The standard InChI is InChI=1S/C37H46N2O3/c1-27-23-30(14-17-37(27)41-2)29(9-6-7-22-42-32-10-4-3-5-11-32)24-28-25-34-33(36(40)26-28)12-8-13-35(34)39-20-18-38(19-21-39)31-15-16-31/h3-5,8,10-14,17,23,28-29,31H,6-7,9,15-16,18-22,24-26H2,1-2H3/t28?,29-/m0/s1. The molecule has 2 aliphatic carbocycles. The number of anilines is 1. The van der Waals surface area contributed by atoms with Crippen molar-refractivity contribution in [3.8, 4) is 11.5 Å². The van der Waals surface area contributed by atoms with Crippen LogP contribution in [0.15, 0.2) is 66.7 Å². The zero-order valence-electron chi connectivity index (χ0n) is 25.4. The molecule has 6 rings (SSSR count). The molecule has 1 unspecified atom stereocenters. The third-order valence-electron chi connectivity index (χ3n) is 9.60. The number of Topliss-reactive ketones (excluding diaryl/α,β-unsaturated/α-hetero) is 1. The molecule has 0 amide bonds. The van der Waals surface area contributed by atoms with E-state index in [2.05, 4.69) is 53.1 Å². The third-order valence-corrected chi connectivity index (χ3v) is 9.60. The molecule has 222 valence electrons. The lowest BCUT2D eigenvalue weighted by molar-refractivity contribution is 0.0943. The second-order valence-electron chi connectivity index (χ2n) is 12.6. The van der Waals surface area contributed by atoms with Gasteiger partial charge in [0.2, 0.25) is 0 Å². The monoisotopic (exact) mass is 566 g/mol. The molecule has 0 N–H and O–H groups in total. The normalized spacial score (nSPS) is 19.8. The quantitative estimate of drug-likeness (QED) is 0.213. The number of fused-ring (bicyclic) bond motifs is 1. The van der Waals surface area contributed by atoms with Gasteiger partial charge in [0, 0.05) is 49.9 Å². The summed E-state index contributed by atoms with van der Waals surface area (Å²) in [7, 11) is 1.74. The first-order valence-electron chi connectivity index (χ1n) is 16.1. The van der Waals surface area contributed by atoms with E-state index in [0.29, 0.717) is 24.0 Å². The first-order chi connectivity index (χ1) is 20.6. The van der Waals surface area contributed by atoms with Crippen LogP contribution in [0, 0.1) is 12.8 Å². The number of nitrogens with zero attached hydrogens (tertiary/aromatic N) is 2. The number of benzene rings is 3. The fraction of sp³-hybridized carbons (Fsp3) is 0.486. The van der Waals surface area contributed by atoms with Gasteiger partial charge in [0.25, 0.3) is 0 Å². The van der Waals surface area contributed by atoms with Crippen molar-refractivity contribution in [1.82, 2.24) is 4.90 Å². The van der Waals surface area contributed by atoms with Crippen molar-refractivity contribution in [1.29, 1.82) is 0 Å². The highest BCUT2D eigenvalue weighted by Crippen LogP contribution is 2.40. The predicted molar refractivity (Wildman–Crippen MR) is 170 cm³/mol. The van der Waals surface area contributed by atoms with Gasteiger partial charge in [-0.2, -0.15) is 0 Å². The molecule has 3 aromatic rings. The van der Waals surface area contributed by atoms with E-state index in [1.165, 1.54) is 35.2 Å². The molecule has 2 fully saturated rings. The van der Waals surface area contributed by atoms with Crippen molar-refractivity contribution >= 4 is 11.5 Å². The molecule has 1 heterocycles. The Morgan fingerprint density at radius 1 is 0.905 bits per heavy atom. The van der Waals surface area contributed by atoms with E-state index in [4.69, 9.17) is 9.47 Å². The summed E-state index contributed by atoms with van der Waals surface area (Å²) in [5.41, 5.74) is 6.09. The van der Waals surface area contributed by atoms with E-state index in [9.17, 15) is 4.79 Å². The van der Waals surface area contributed by atoms with Gasteiger partial charge < -0.3 is 14.4 Å². The van der Waals surface area contributed by atoms with Crippen LogP contribution in [-0.4, -0.2) is 56.6 Å². The van der Waals surface area contributed by atoms with E-state index in [0.717, 1.165) is 88.0 Å². The van der Waals surface area contributed by atoms with Gasteiger partial charge in [-0.15, -0.1) is 0 Å². The number of para-hydroxylation sites is 1. The van der Waals surface area contributed by atoms with E-state index >= 15 is 0 Å². The zero-order valence-corrected chi connectivity index (χ0v) is 25.4. The van der Waals surface area contributed by atoms with Crippen molar-refractivity contribution in [3.63, 3.8) is 0 Å². The molecular weight excluding hydrogens is 520 g/mol. The van der Waals surface area contributed by atoms with Gasteiger partial charge in [0.15, 0.2) is 5.78 Å². The first kappa shape index (κ1) is 28.8. The first-order valence-corrected chi connectivity index (χ1v) is 16.1. The number of carbonyl (C=O) groups excluding carboxylic acids is 1. The number of aryl methyl sites for hydroxylation is 1. The van der Waals surface area contributed by atoms with Crippen molar-refractivity contribution in [2.24, 2.45) is 5.92 Å². The number of piperazine rings is 1. The van der Waals surface area contributed by atoms with Gasteiger partial charge in [-0.25, -0.2) is 0 Å². The SMILES string of the molecule is COc1ccc([C@@H](CCCCOc2ccccc2)CC2CC(=O)c3cccc(N4CCN(C5CC5)CC4)c3C2)cc1C. The summed E-state index contributed by atoms with van der Waals surface area (Å²) in [6.45, 7) is 7.25. The highest BCUT2D eigenvalue weighted by molar-refractivity contribution is 6.00. The Kier molecular flexibility index (Phi) is 9.14. The average molecular weight is 567 g/mol. The van der Waals surface area contributed by atoms with E-state index in [1.54, 1.807) is 7.11 Å². The fourth-order valence-corrected chi connectivity index (χ4v) is 7.19. The maximum absolute atomic E-state index is 13.5. The molecule has 1 aliphatic heterocycles. The molecule has 1 saturated heterocycles. The summed E-state index contributed by atoms with van der Waals surface area (Å²) in [5.74, 6) is 2.94. The molecule has 0 aromatic heterocycles. The summed E-state index contributed by atoms with van der Waals surface area (Å²) < 4.78 is 11.5. The Morgan fingerprint density at radius 2 is 1.71 bits per heavy atom. The minimum Gasteiger partial charge on any atom is -0.496 e. The third kappa shape index (κ3) is 6.83. The van der Waals surface area contributed by atoms with Crippen LogP contribution in [0.3, 0.4) is 0 Å². The lowest BCUT2D eigenvalue weighted by Crippen LogP contribution is -2.47. The van der Waals surface area contributed by atoms with Gasteiger partial charge in [0.1, 0.15) is 11.5 Å². The largest absolute Gasteiger partial charge is 0.496 e. The molecule has 5 heteroatoms. The molecular formula is C37H46N2O3. The molecule has 0 spiro atoms. The molecule has 1 saturated carbocycles. The van der Waals surface area contributed by atoms with Gasteiger partial charge in [0.05, 0.1) is 13.7 Å². The number of methoxy groups -OCH3 is 1. The number of carbonyl (C=O) groups is 1. The summed E-state index contributed by atoms with van der Waals surface area (Å²) >= 11 is 0. The molecule has 42 heavy (non-hydrogen) atoms. The van der Waals surface area contributed by atoms with Crippen molar-refractivity contribution in [3.05, 3.63) is 89.0 Å². The molecule has 0 radical (unpaired) electrons.